The lowest BCUT2D eigenvalue weighted by Gasteiger charge is -2.13. The topological polar surface area (TPSA) is 72.2 Å². The minimum absolute atomic E-state index is 0.0122. The van der Waals surface area contributed by atoms with E-state index in [9.17, 15) is 9.59 Å². The smallest absolute Gasteiger partial charge is 0.303 e. The summed E-state index contributed by atoms with van der Waals surface area (Å²) in [5, 5.41) is 11.6. The molecule has 0 amide bonds. The Labute approximate surface area is 175 Å². The first-order chi connectivity index (χ1) is 14.0. The molecular formula is C22H20N2O3S2. The van der Waals surface area contributed by atoms with Crippen LogP contribution in [-0.2, 0) is 11.3 Å². The molecule has 0 aliphatic rings. The van der Waals surface area contributed by atoms with E-state index in [4.69, 9.17) is 10.1 Å². The average Bonchev–Trinajstić information content (AvgIpc) is 3.31. The summed E-state index contributed by atoms with van der Waals surface area (Å²) < 4.78 is 1.64. The van der Waals surface area contributed by atoms with Crippen LogP contribution in [0.5, 0.6) is 0 Å². The number of aryl methyl sites for hydroxylation is 2. The highest BCUT2D eigenvalue weighted by Crippen LogP contribution is 2.38. The molecule has 0 atom stereocenters. The van der Waals surface area contributed by atoms with Crippen molar-refractivity contribution >= 4 is 38.9 Å². The molecular weight excluding hydrogens is 404 g/mol. The molecule has 0 fully saturated rings. The molecule has 4 rings (SSSR count). The molecule has 7 heteroatoms. The van der Waals surface area contributed by atoms with Crippen LogP contribution in [0, 0.1) is 13.8 Å². The molecule has 1 aromatic carbocycles. The molecule has 0 bridgehead atoms. The second-order valence-corrected chi connectivity index (χ2v) is 9.10. The molecule has 0 radical (unpaired) electrons. The molecule has 1 N–H and O–H groups in total. The summed E-state index contributed by atoms with van der Waals surface area (Å²) >= 11 is 3.13. The number of aliphatic carboxylic acids is 1. The van der Waals surface area contributed by atoms with Gasteiger partial charge < -0.3 is 5.11 Å². The van der Waals surface area contributed by atoms with Gasteiger partial charge in [0.25, 0.3) is 5.56 Å². The number of carboxylic acids is 1. The van der Waals surface area contributed by atoms with Gasteiger partial charge in [0.05, 0.1) is 5.39 Å². The van der Waals surface area contributed by atoms with Gasteiger partial charge in [-0.3, -0.25) is 14.2 Å². The first-order valence-corrected chi connectivity index (χ1v) is 11.0. The molecule has 29 heavy (non-hydrogen) atoms. The van der Waals surface area contributed by atoms with Crippen molar-refractivity contribution in [2.75, 3.05) is 0 Å². The lowest BCUT2D eigenvalue weighted by Crippen LogP contribution is -2.24. The van der Waals surface area contributed by atoms with Crippen molar-refractivity contribution in [3.05, 3.63) is 62.6 Å². The Morgan fingerprint density at radius 1 is 1.17 bits per heavy atom. The molecule has 0 saturated heterocycles. The highest BCUT2D eigenvalue weighted by molar-refractivity contribution is 7.20. The Bertz CT molecular complexity index is 1240. The number of benzene rings is 1. The van der Waals surface area contributed by atoms with Gasteiger partial charge in [0.15, 0.2) is 0 Å². The Balaban J connectivity index is 1.95. The van der Waals surface area contributed by atoms with Crippen LogP contribution in [0.2, 0.25) is 0 Å². The Hall–Kier alpha value is -2.77. The standard InChI is InChI=1S/C22H20N2O3S2/c1-13-7-9-15(10-8-13)20-23-21-19(22(27)24(20)11-3-6-17(25)26)18(14(2)29-21)16-5-4-12-28-16/h4-5,7-10,12H,3,6,11H2,1-2H3,(H,25,26). The van der Waals surface area contributed by atoms with Gasteiger partial charge in [0, 0.05) is 33.8 Å². The number of hydrogen-bond acceptors (Lipinski definition) is 5. The molecule has 3 heterocycles. The van der Waals surface area contributed by atoms with Gasteiger partial charge in [-0.2, -0.15) is 0 Å². The predicted octanol–water partition coefficient (Wildman–Crippen LogP) is 5.34. The van der Waals surface area contributed by atoms with E-state index < -0.39 is 5.97 Å². The van der Waals surface area contributed by atoms with E-state index in [0.29, 0.717) is 24.2 Å². The molecule has 0 saturated carbocycles. The number of hydrogen-bond donors (Lipinski definition) is 1. The number of thiophene rings is 2. The fourth-order valence-corrected chi connectivity index (χ4v) is 5.36. The number of nitrogens with zero attached hydrogens (tertiary/aromatic N) is 2. The van der Waals surface area contributed by atoms with Crippen molar-refractivity contribution in [1.82, 2.24) is 9.55 Å². The van der Waals surface area contributed by atoms with E-state index in [2.05, 4.69) is 0 Å². The maximum Gasteiger partial charge on any atom is 0.303 e. The summed E-state index contributed by atoms with van der Waals surface area (Å²) in [6, 6.07) is 11.9. The van der Waals surface area contributed by atoms with Crippen molar-refractivity contribution < 1.29 is 9.90 Å². The number of carbonyl (C=O) groups is 1. The number of fused-ring (bicyclic) bond motifs is 1. The van der Waals surface area contributed by atoms with E-state index in [-0.39, 0.29) is 12.0 Å². The first kappa shape index (κ1) is 19.5. The van der Waals surface area contributed by atoms with Crippen molar-refractivity contribution in [3.8, 4) is 21.8 Å². The van der Waals surface area contributed by atoms with Crippen molar-refractivity contribution in [1.29, 1.82) is 0 Å². The molecule has 148 valence electrons. The van der Waals surface area contributed by atoms with Gasteiger partial charge in [-0.15, -0.1) is 22.7 Å². The van der Waals surface area contributed by atoms with Crippen LogP contribution in [0.3, 0.4) is 0 Å². The van der Waals surface area contributed by atoms with Gasteiger partial charge in [-0.25, -0.2) is 4.98 Å². The molecule has 4 aromatic rings. The van der Waals surface area contributed by atoms with Gasteiger partial charge in [-0.05, 0) is 31.7 Å². The zero-order chi connectivity index (χ0) is 20.5. The fraction of sp³-hybridized carbons (Fsp3) is 0.227. The summed E-state index contributed by atoms with van der Waals surface area (Å²) in [6.07, 6.45) is 0.386. The molecule has 0 aliphatic carbocycles. The minimum Gasteiger partial charge on any atom is -0.481 e. The first-order valence-electron chi connectivity index (χ1n) is 9.32. The van der Waals surface area contributed by atoms with E-state index in [1.165, 1.54) is 11.3 Å². The van der Waals surface area contributed by atoms with Crippen LogP contribution < -0.4 is 5.56 Å². The molecule has 5 nitrogen and oxygen atoms in total. The van der Waals surface area contributed by atoms with E-state index in [0.717, 1.165) is 31.3 Å². The largest absolute Gasteiger partial charge is 0.481 e. The zero-order valence-corrected chi connectivity index (χ0v) is 17.8. The van der Waals surface area contributed by atoms with E-state index in [1.807, 2.05) is 55.6 Å². The van der Waals surface area contributed by atoms with Crippen molar-refractivity contribution in [3.63, 3.8) is 0 Å². The van der Waals surface area contributed by atoms with Crippen LogP contribution in [0.15, 0.2) is 46.6 Å². The Kier molecular flexibility index (Phi) is 5.34. The molecule has 0 spiro atoms. The summed E-state index contributed by atoms with van der Waals surface area (Å²) in [7, 11) is 0. The van der Waals surface area contributed by atoms with Crippen LogP contribution in [0.4, 0.5) is 0 Å². The van der Waals surface area contributed by atoms with Gasteiger partial charge in [0.2, 0.25) is 0 Å². The summed E-state index contributed by atoms with van der Waals surface area (Å²) in [4.78, 5) is 32.3. The SMILES string of the molecule is Cc1ccc(-c2nc3sc(C)c(-c4cccs4)c3c(=O)n2CCCC(=O)O)cc1. The van der Waals surface area contributed by atoms with Crippen molar-refractivity contribution in [2.45, 2.75) is 33.2 Å². The predicted molar refractivity (Wildman–Crippen MR) is 119 cm³/mol. The number of aromatic nitrogens is 2. The molecule has 0 unspecified atom stereocenters. The second-order valence-electron chi connectivity index (χ2n) is 6.95. The zero-order valence-electron chi connectivity index (χ0n) is 16.1. The highest BCUT2D eigenvalue weighted by atomic mass is 32.1. The summed E-state index contributed by atoms with van der Waals surface area (Å²) in [5.41, 5.74) is 2.82. The molecule has 3 aromatic heterocycles. The Morgan fingerprint density at radius 2 is 1.93 bits per heavy atom. The fourth-order valence-electron chi connectivity index (χ4n) is 3.43. The second kappa shape index (κ2) is 7.93. The number of carboxylic acid groups (broad SMARTS) is 1. The van der Waals surface area contributed by atoms with Crippen LogP contribution in [0.1, 0.15) is 23.3 Å². The van der Waals surface area contributed by atoms with Crippen LogP contribution in [-0.4, -0.2) is 20.6 Å². The molecule has 0 aliphatic heterocycles. The lowest BCUT2D eigenvalue weighted by atomic mass is 10.1. The summed E-state index contributed by atoms with van der Waals surface area (Å²) in [5.74, 6) is -0.276. The number of rotatable bonds is 6. The normalized spacial score (nSPS) is 11.2. The third-order valence-corrected chi connectivity index (χ3v) is 6.72. The quantitative estimate of drug-likeness (QED) is 0.454. The Morgan fingerprint density at radius 3 is 2.59 bits per heavy atom. The van der Waals surface area contributed by atoms with Gasteiger partial charge in [-0.1, -0.05) is 35.9 Å². The van der Waals surface area contributed by atoms with Crippen LogP contribution in [0.25, 0.3) is 32.0 Å². The average molecular weight is 425 g/mol. The van der Waals surface area contributed by atoms with E-state index >= 15 is 0 Å². The summed E-state index contributed by atoms with van der Waals surface area (Å²) in [6.45, 7) is 4.34. The minimum atomic E-state index is -0.866. The van der Waals surface area contributed by atoms with Crippen molar-refractivity contribution in [2.24, 2.45) is 0 Å². The highest BCUT2D eigenvalue weighted by Gasteiger charge is 2.21. The third kappa shape index (κ3) is 3.75. The van der Waals surface area contributed by atoms with Gasteiger partial charge >= 0.3 is 5.97 Å². The van der Waals surface area contributed by atoms with Crippen LogP contribution >= 0.6 is 22.7 Å². The third-order valence-electron chi connectivity index (χ3n) is 4.84. The van der Waals surface area contributed by atoms with E-state index in [1.54, 1.807) is 15.9 Å². The monoisotopic (exact) mass is 424 g/mol. The van der Waals surface area contributed by atoms with Gasteiger partial charge in [0.1, 0.15) is 10.7 Å². The lowest BCUT2D eigenvalue weighted by molar-refractivity contribution is -0.137. The maximum atomic E-state index is 13.6. The maximum absolute atomic E-state index is 13.6.